The maximum absolute atomic E-state index is 13.3. The summed E-state index contributed by atoms with van der Waals surface area (Å²) in [4.78, 5) is 20.1. The highest BCUT2D eigenvalue weighted by Crippen LogP contribution is 2.38. The molecule has 0 amide bonds. The number of ether oxygens (including phenoxy) is 1. The first kappa shape index (κ1) is 43.3. The number of rotatable bonds is 15. The molecule has 8 nitrogen and oxygen atoms in total. The molecule has 0 bridgehead atoms. The number of aromatic nitrogens is 1. The summed E-state index contributed by atoms with van der Waals surface area (Å²) in [5.41, 5.74) is 7.00. The molecule has 0 radical (unpaired) electrons. The number of anilines is 4. The molecule has 1 heterocycles. The average Bonchev–Trinajstić information content (AvgIpc) is 3.15. The quantitative estimate of drug-likeness (QED) is 0.117. The number of hydrogen-bond acceptors (Lipinski definition) is 6. The first-order chi connectivity index (χ1) is 25.8. The molecule has 1 unspecified atom stereocenters. The third kappa shape index (κ3) is 11.7. The van der Waals surface area contributed by atoms with Crippen LogP contribution in [0.25, 0.3) is 23.1 Å². The Morgan fingerprint density at radius 2 is 1.69 bits per heavy atom. The Balaban J connectivity index is 0.00000385. The Kier molecular flexibility index (Phi) is 16.8. The zero-order valence-corrected chi connectivity index (χ0v) is 34.6. The van der Waals surface area contributed by atoms with Crippen LogP contribution in [0.2, 0.25) is 0 Å². The molecule has 3 aromatic carbocycles. The molecule has 288 valence electrons. The number of benzene rings is 3. The first-order valence-electron chi connectivity index (χ1n) is 18.7. The van der Waals surface area contributed by atoms with Crippen LogP contribution in [-0.4, -0.2) is 47.5 Å². The van der Waals surface area contributed by atoms with E-state index in [1.54, 1.807) is 17.5 Å². The second-order valence-corrected chi connectivity index (χ2v) is 14.6. The number of allylic oxidation sites excluding steroid dienone is 2. The van der Waals surface area contributed by atoms with Crippen molar-refractivity contribution in [3.8, 4) is 5.75 Å². The zero-order chi connectivity index (χ0) is 39.9. The lowest BCUT2D eigenvalue weighted by atomic mass is 9.97. The van der Waals surface area contributed by atoms with Crippen molar-refractivity contribution in [2.45, 2.75) is 68.2 Å². The fraction of sp³-hybridized carbons (Fsp3) is 0.333. The van der Waals surface area contributed by atoms with E-state index in [1.807, 2.05) is 84.3 Å². The van der Waals surface area contributed by atoms with Crippen molar-refractivity contribution in [1.82, 2.24) is 4.98 Å². The first-order valence-corrected chi connectivity index (χ1v) is 19.9. The number of carboxylic acid groups (broad SMARTS) is 1. The van der Waals surface area contributed by atoms with Gasteiger partial charge in [-0.15, -0.1) is 0 Å². The number of carbonyl (C=O) groups is 1. The number of nitrogens with zero attached hydrogens (tertiary/aromatic N) is 3. The highest BCUT2D eigenvalue weighted by molar-refractivity contribution is 7.93. The van der Waals surface area contributed by atoms with E-state index in [2.05, 4.69) is 90.6 Å². The minimum Gasteiger partial charge on any atom is -0.493 e. The zero-order valence-electron chi connectivity index (χ0n) is 33.8. The number of pyridine rings is 1. The lowest BCUT2D eigenvalue weighted by molar-refractivity contribution is 0.0696. The van der Waals surface area contributed by atoms with Crippen LogP contribution in [-0.2, 0) is 11.0 Å². The van der Waals surface area contributed by atoms with Gasteiger partial charge in [0.1, 0.15) is 22.6 Å². The molecule has 0 aliphatic rings. The van der Waals surface area contributed by atoms with Crippen LogP contribution in [0.3, 0.4) is 0 Å². The molecular weight excluding hydrogens is 693 g/mol. The summed E-state index contributed by atoms with van der Waals surface area (Å²) in [6.07, 6.45) is 9.60. The third-order valence-corrected chi connectivity index (χ3v) is 9.32. The lowest BCUT2D eigenvalue weighted by Crippen LogP contribution is -2.33. The van der Waals surface area contributed by atoms with Crippen LogP contribution in [0.5, 0.6) is 5.75 Å². The molecule has 0 aliphatic heterocycles. The van der Waals surface area contributed by atoms with Crippen molar-refractivity contribution < 1.29 is 18.8 Å². The molecule has 4 aromatic rings. The predicted molar refractivity (Wildman–Crippen MR) is 232 cm³/mol. The van der Waals surface area contributed by atoms with Gasteiger partial charge < -0.3 is 24.4 Å². The number of aromatic carboxylic acids is 1. The summed E-state index contributed by atoms with van der Waals surface area (Å²) in [5.74, 6) is 1.04. The lowest BCUT2D eigenvalue weighted by Gasteiger charge is -2.27. The molecule has 0 saturated carbocycles. The van der Waals surface area contributed by atoms with Gasteiger partial charge in [0.2, 0.25) is 0 Å². The molecular formula is C45H58N4O4S. The summed E-state index contributed by atoms with van der Waals surface area (Å²) in [6, 6.07) is 21.4. The molecule has 2 N–H and O–H groups in total. The minimum absolute atomic E-state index is 0.136. The Morgan fingerprint density at radius 3 is 2.24 bits per heavy atom. The summed E-state index contributed by atoms with van der Waals surface area (Å²) in [7, 11) is 2.56. The van der Waals surface area contributed by atoms with Gasteiger partial charge in [-0.05, 0) is 96.5 Å². The highest BCUT2D eigenvalue weighted by Gasteiger charge is 2.19. The van der Waals surface area contributed by atoms with Crippen molar-refractivity contribution >= 4 is 63.0 Å². The number of carboxylic acids is 1. The fourth-order valence-corrected chi connectivity index (χ4v) is 6.69. The van der Waals surface area contributed by atoms with Crippen molar-refractivity contribution in [2.75, 3.05) is 41.8 Å². The Bertz CT molecular complexity index is 2050. The van der Waals surface area contributed by atoms with Crippen LogP contribution >= 0.6 is 0 Å². The van der Waals surface area contributed by atoms with E-state index in [9.17, 15) is 14.1 Å². The molecule has 54 heavy (non-hydrogen) atoms. The fourth-order valence-electron chi connectivity index (χ4n) is 5.83. The van der Waals surface area contributed by atoms with E-state index in [1.165, 1.54) is 6.20 Å². The molecule has 0 fully saturated rings. The minimum atomic E-state index is -1.47. The van der Waals surface area contributed by atoms with Crippen molar-refractivity contribution in [3.63, 3.8) is 0 Å². The normalized spacial score (nSPS) is 12.9. The highest BCUT2D eigenvalue weighted by atomic mass is 32.2. The third-order valence-electron chi connectivity index (χ3n) is 8.42. The van der Waals surface area contributed by atoms with Crippen molar-refractivity contribution in [3.05, 3.63) is 118 Å². The Labute approximate surface area is 325 Å². The second kappa shape index (κ2) is 20.9. The SMILES string of the molecule is CC.C\C=C/C(C)=c1/c(N(C)C)ccc/c1=C\S(=O)Nc1ccc(/C=C/c2cc(C(C)C)c(OCC(C)C)cc2N(CC)c2ccc(C(=O)O)cn2)cc1. The topological polar surface area (TPSA) is 95.0 Å². The summed E-state index contributed by atoms with van der Waals surface area (Å²) in [6.45, 7) is 19.9. The Morgan fingerprint density at radius 1 is 0.981 bits per heavy atom. The van der Waals surface area contributed by atoms with Crippen LogP contribution in [0.15, 0.2) is 85.1 Å². The maximum atomic E-state index is 13.3. The van der Waals surface area contributed by atoms with E-state index in [-0.39, 0.29) is 11.5 Å². The predicted octanol–water partition coefficient (Wildman–Crippen LogP) is 9.62. The van der Waals surface area contributed by atoms with Gasteiger partial charge in [0, 0.05) is 54.9 Å². The second-order valence-electron chi connectivity index (χ2n) is 13.6. The molecule has 4 rings (SSSR count). The van der Waals surface area contributed by atoms with Crippen molar-refractivity contribution in [1.29, 1.82) is 0 Å². The van der Waals surface area contributed by atoms with E-state index >= 15 is 0 Å². The summed E-state index contributed by atoms with van der Waals surface area (Å²) < 4.78 is 22.8. The molecule has 0 spiro atoms. The number of hydrogen-bond donors (Lipinski definition) is 2. The van der Waals surface area contributed by atoms with E-state index in [0.717, 1.165) is 55.5 Å². The smallest absolute Gasteiger partial charge is 0.337 e. The molecule has 0 saturated heterocycles. The van der Waals surface area contributed by atoms with Gasteiger partial charge in [-0.25, -0.2) is 14.0 Å². The summed E-state index contributed by atoms with van der Waals surface area (Å²) >= 11 is 0. The van der Waals surface area contributed by atoms with E-state index in [4.69, 9.17) is 4.74 Å². The van der Waals surface area contributed by atoms with Gasteiger partial charge in [-0.1, -0.05) is 90.1 Å². The number of nitrogens with one attached hydrogen (secondary N) is 1. The van der Waals surface area contributed by atoms with Gasteiger partial charge in [-0.2, -0.15) is 0 Å². The Hall–Kier alpha value is -5.15. The average molecular weight is 751 g/mol. The van der Waals surface area contributed by atoms with Gasteiger partial charge in [0.25, 0.3) is 0 Å². The van der Waals surface area contributed by atoms with Crippen molar-refractivity contribution in [2.24, 2.45) is 5.92 Å². The van der Waals surface area contributed by atoms with E-state index < -0.39 is 17.0 Å². The van der Waals surface area contributed by atoms with Crippen LogP contribution in [0.1, 0.15) is 95.3 Å². The van der Waals surface area contributed by atoms with E-state index in [0.29, 0.717) is 24.9 Å². The van der Waals surface area contributed by atoms with Gasteiger partial charge in [0.15, 0.2) is 0 Å². The molecule has 1 aromatic heterocycles. The standard InChI is InChI=1S/C43H52N4O4S.C2H6/c1-10-13-31(7)42-35(14-12-15-38(42)46(8)9)28-52(50)45-36-21-17-32(18-22-36)16-19-33-24-37(30(5)6)40(51-27-29(3)4)25-39(33)47(11-2)41-23-20-34(26-44-41)43(48)49;1-2/h10,12-26,28-30,45H,11,27H2,1-9H3,(H,48,49);1-2H3/b13-10-,19-16+,35-28+,42-31+;. The largest absolute Gasteiger partial charge is 0.493 e. The van der Waals surface area contributed by atoms with Crippen LogP contribution in [0, 0.1) is 5.92 Å². The molecule has 0 aliphatic carbocycles. The van der Waals surface area contributed by atoms with Gasteiger partial charge in [-0.3, -0.25) is 0 Å². The van der Waals surface area contributed by atoms with Crippen LogP contribution < -0.4 is 29.7 Å². The summed E-state index contributed by atoms with van der Waals surface area (Å²) in [5, 5.41) is 13.1. The molecule has 9 heteroatoms. The van der Waals surface area contributed by atoms with Crippen LogP contribution in [0.4, 0.5) is 22.9 Å². The van der Waals surface area contributed by atoms with Gasteiger partial charge >= 0.3 is 5.97 Å². The monoisotopic (exact) mass is 750 g/mol. The maximum Gasteiger partial charge on any atom is 0.337 e. The molecule has 1 atom stereocenters. The van der Waals surface area contributed by atoms with Gasteiger partial charge in [0.05, 0.1) is 17.9 Å².